The molecule has 0 spiro atoms. The zero-order chi connectivity index (χ0) is 18.7. The van der Waals surface area contributed by atoms with Crippen molar-refractivity contribution in [1.29, 1.82) is 0 Å². The summed E-state index contributed by atoms with van der Waals surface area (Å²) in [5.74, 6) is 0.564. The van der Waals surface area contributed by atoms with Crippen LogP contribution >= 0.6 is 11.6 Å². The lowest BCUT2D eigenvalue weighted by Crippen LogP contribution is -2.05. The maximum absolute atomic E-state index is 12.6. The predicted molar refractivity (Wildman–Crippen MR) is 94.0 cm³/mol. The van der Waals surface area contributed by atoms with Gasteiger partial charge in [0.15, 0.2) is 5.82 Å². The first-order chi connectivity index (χ1) is 12.3. The van der Waals surface area contributed by atoms with Crippen LogP contribution in [0.3, 0.4) is 0 Å². The third kappa shape index (κ3) is 4.40. The lowest BCUT2D eigenvalue weighted by Gasteiger charge is -2.11. The zero-order valence-corrected chi connectivity index (χ0v) is 14.2. The van der Waals surface area contributed by atoms with Crippen LogP contribution in [-0.2, 0) is 6.18 Å². The zero-order valence-electron chi connectivity index (χ0n) is 13.5. The van der Waals surface area contributed by atoms with Crippen molar-refractivity contribution in [3.63, 3.8) is 0 Å². The van der Waals surface area contributed by atoms with Crippen molar-refractivity contribution in [2.24, 2.45) is 0 Å². The van der Waals surface area contributed by atoms with Gasteiger partial charge < -0.3 is 10.6 Å². The molecule has 0 aliphatic carbocycles. The van der Waals surface area contributed by atoms with Crippen LogP contribution < -0.4 is 10.6 Å². The number of aryl methyl sites for hydroxylation is 1. The Balaban J connectivity index is 1.76. The molecular weight excluding hydrogens is 367 g/mol. The smallest absolute Gasteiger partial charge is 0.339 e. The molecule has 9 heteroatoms. The number of aromatic nitrogens is 3. The molecule has 2 aromatic carbocycles. The van der Waals surface area contributed by atoms with Gasteiger partial charge >= 0.3 is 6.18 Å². The number of anilines is 4. The third-order valence-electron chi connectivity index (χ3n) is 3.49. The Morgan fingerprint density at radius 3 is 2.42 bits per heavy atom. The maximum atomic E-state index is 12.6. The first-order valence-electron chi connectivity index (χ1n) is 7.48. The van der Waals surface area contributed by atoms with E-state index in [2.05, 4.69) is 25.8 Å². The van der Waals surface area contributed by atoms with Gasteiger partial charge in [-0.3, -0.25) is 0 Å². The van der Waals surface area contributed by atoms with Crippen LogP contribution in [0.4, 0.5) is 36.3 Å². The first kappa shape index (κ1) is 17.9. The standard InChI is InChI=1S/C17H13ClF3N5/c1-10-2-5-12(18)8-14(10)24-16-25-15(9-22-26-16)23-13-6-3-11(4-7-13)17(19,20)21/h2-9H,1H3,(H2,23,24,25,26). The molecule has 2 N–H and O–H groups in total. The number of nitrogens with zero attached hydrogens (tertiary/aromatic N) is 3. The first-order valence-corrected chi connectivity index (χ1v) is 7.86. The molecule has 3 rings (SSSR count). The number of rotatable bonds is 4. The van der Waals surface area contributed by atoms with E-state index >= 15 is 0 Å². The minimum atomic E-state index is -4.37. The number of hydrogen-bond acceptors (Lipinski definition) is 5. The van der Waals surface area contributed by atoms with Gasteiger partial charge in [0.2, 0.25) is 5.95 Å². The summed E-state index contributed by atoms with van der Waals surface area (Å²) in [4.78, 5) is 4.24. The summed E-state index contributed by atoms with van der Waals surface area (Å²) in [5.41, 5.74) is 1.40. The van der Waals surface area contributed by atoms with Crippen molar-refractivity contribution < 1.29 is 13.2 Å². The largest absolute Gasteiger partial charge is 0.416 e. The number of halogens is 4. The molecule has 0 aliphatic rings. The average molecular weight is 380 g/mol. The molecule has 0 aliphatic heterocycles. The van der Waals surface area contributed by atoms with Crippen LogP contribution in [0.2, 0.25) is 5.02 Å². The molecule has 0 amide bonds. The molecule has 1 aromatic heterocycles. The molecule has 3 aromatic rings. The summed E-state index contributed by atoms with van der Waals surface area (Å²) in [6.07, 6.45) is -3.01. The monoisotopic (exact) mass is 379 g/mol. The molecule has 26 heavy (non-hydrogen) atoms. The fourth-order valence-electron chi connectivity index (χ4n) is 2.16. The van der Waals surface area contributed by atoms with Crippen molar-refractivity contribution in [2.45, 2.75) is 13.1 Å². The molecule has 134 valence electrons. The quantitative estimate of drug-likeness (QED) is 0.640. The van der Waals surface area contributed by atoms with Crippen LogP contribution in [0.1, 0.15) is 11.1 Å². The van der Waals surface area contributed by atoms with Gasteiger partial charge in [-0.05, 0) is 48.9 Å². The molecule has 5 nitrogen and oxygen atoms in total. The van der Waals surface area contributed by atoms with Gasteiger partial charge in [0.25, 0.3) is 0 Å². The predicted octanol–water partition coefficient (Wildman–Crippen LogP) is 5.34. The van der Waals surface area contributed by atoms with Crippen LogP contribution in [0, 0.1) is 6.92 Å². The highest BCUT2D eigenvalue weighted by Gasteiger charge is 2.29. The number of nitrogens with one attached hydrogen (secondary N) is 2. The lowest BCUT2D eigenvalue weighted by atomic mass is 10.2. The van der Waals surface area contributed by atoms with Gasteiger partial charge in [-0.25, -0.2) is 0 Å². The minimum absolute atomic E-state index is 0.229. The average Bonchev–Trinajstić information content (AvgIpc) is 2.58. The van der Waals surface area contributed by atoms with E-state index in [0.29, 0.717) is 16.5 Å². The number of hydrogen-bond donors (Lipinski definition) is 2. The van der Waals surface area contributed by atoms with Crippen molar-refractivity contribution in [3.8, 4) is 0 Å². The minimum Gasteiger partial charge on any atom is -0.339 e. The third-order valence-corrected chi connectivity index (χ3v) is 3.72. The van der Waals surface area contributed by atoms with E-state index in [1.807, 2.05) is 13.0 Å². The molecule has 0 saturated heterocycles. The van der Waals surface area contributed by atoms with Crippen LogP contribution in [-0.4, -0.2) is 15.2 Å². The van der Waals surface area contributed by atoms with Gasteiger partial charge in [0.1, 0.15) is 0 Å². The topological polar surface area (TPSA) is 62.7 Å². The van der Waals surface area contributed by atoms with Crippen LogP contribution in [0.5, 0.6) is 0 Å². The lowest BCUT2D eigenvalue weighted by molar-refractivity contribution is -0.137. The van der Waals surface area contributed by atoms with Gasteiger partial charge in [0.05, 0.1) is 11.8 Å². The van der Waals surface area contributed by atoms with Gasteiger partial charge in [0, 0.05) is 16.4 Å². The molecule has 0 atom stereocenters. The number of benzene rings is 2. The van der Waals surface area contributed by atoms with Gasteiger partial charge in [-0.15, -0.1) is 5.10 Å². The summed E-state index contributed by atoms with van der Waals surface area (Å²) < 4.78 is 37.8. The molecule has 0 unspecified atom stereocenters. The second-order valence-corrected chi connectivity index (χ2v) is 5.89. The normalized spacial score (nSPS) is 11.3. The highest BCUT2D eigenvalue weighted by atomic mass is 35.5. The molecule has 0 bridgehead atoms. The molecule has 0 saturated carbocycles. The maximum Gasteiger partial charge on any atom is 0.416 e. The Kier molecular flexibility index (Phi) is 4.94. The Morgan fingerprint density at radius 1 is 1.00 bits per heavy atom. The summed E-state index contributed by atoms with van der Waals surface area (Å²) in [6, 6.07) is 9.97. The Morgan fingerprint density at radius 2 is 1.73 bits per heavy atom. The van der Waals surface area contributed by atoms with Gasteiger partial charge in [-0.1, -0.05) is 17.7 Å². The van der Waals surface area contributed by atoms with Crippen molar-refractivity contribution in [2.75, 3.05) is 10.6 Å². The molecular formula is C17H13ClF3N5. The van der Waals surface area contributed by atoms with E-state index in [-0.39, 0.29) is 5.95 Å². The molecule has 0 radical (unpaired) electrons. The van der Waals surface area contributed by atoms with Crippen molar-refractivity contribution >= 4 is 34.7 Å². The summed E-state index contributed by atoms with van der Waals surface area (Å²) in [7, 11) is 0. The Hall–Kier alpha value is -2.87. The summed E-state index contributed by atoms with van der Waals surface area (Å²) >= 11 is 5.98. The van der Waals surface area contributed by atoms with Gasteiger partial charge in [-0.2, -0.15) is 23.3 Å². The van der Waals surface area contributed by atoms with Crippen molar-refractivity contribution in [3.05, 3.63) is 64.8 Å². The second-order valence-electron chi connectivity index (χ2n) is 5.45. The highest BCUT2D eigenvalue weighted by molar-refractivity contribution is 6.30. The van der Waals surface area contributed by atoms with E-state index in [4.69, 9.17) is 11.6 Å². The second kappa shape index (κ2) is 7.17. The van der Waals surface area contributed by atoms with E-state index in [1.165, 1.54) is 18.3 Å². The van der Waals surface area contributed by atoms with E-state index in [0.717, 1.165) is 23.4 Å². The SMILES string of the molecule is Cc1ccc(Cl)cc1Nc1nncc(Nc2ccc(C(F)(F)F)cc2)n1. The fourth-order valence-corrected chi connectivity index (χ4v) is 2.33. The fraction of sp³-hybridized carbons (Fsp3) is 0.118. The van der Waals surface area contributed by atoms with E-state index in [1.54, 1.807) is 12.1 Å². The molecule has 1 heterocycles. The van der Waals surface area contributed by atoms with E-state index < -0.39 is 11.7 Å². The Labute approximate surface area is 152 Å². The van der Waals surface area contributed by atoms with Crippen LogP contribution in [0.15, 0.2) is 48.7 Å². The molecule has 0 fully saturated rings. The Bertz CT molecular complexity index is 913. The summed E-state index contributed by atoms with van der Waals surface area (Å²) in [5, 5.41) is 14.2. The summed E-state index contributed by atoms with van der Waals surface area (Å²) in [6.45, 7) is 1.90. The van der Waals surface area contributed by atoms with Crippen molar-refractivity contribution in [1.82, 2.24) is 15.2 Å². The van der Waals surface area contributed by atoms with Crippen LogP contribution in [0.25, 0.3) is 0 Å². The highest BCUT2D eigenvalue weighted by Crippen LogP contribution is 2.30. The number of alkyl halides is 3. The van der Waals surface area contributed by atoms with E-state index in [9.17, 15) is 13.2 Å².